The van der Waals surface area contributed by atoms with Crippen molar-refractivity contribution in [2.75, 3.05) is 92.5 Å². The van der Waals surface area contributed by atoms with Gasteiger partial charge in [-0.2, -0.15) is 0 Å². The standard InChI is InChI=1S/C12H26O7.C10H22O/c13-1-3-15-5-7-17-9-11-19-12-10-18-8-6-16-4-2-14;1-3-5-6-7-8-10-11-9-4-2/h13-14H,1-12H2;3-10H2,1-2H3. The average Bonchev–Trinajstić information content (AvgIpc) is 2.76. The Kier molecular flexibility index (Phi) is 35.4. The van der Waals surface area contributed by atoms with Gasteiger partial charge in [0.1, 0.15) is 0 Å². The van der Waals surface area contributed by atoms with Crippen molar-refractivity contribution in [1.29, 1.82) is 0 Å². The molecule has 0 radical (unpaired) electrons. The zero-order valence-electron chi connectivity index (χ0n) is 19.5. The highest BCUT2D eigenvalue weighted by molar-refractivity contribution is 4.41. The number of rotatable bonds is 24. The molecule has 8 nitrogen and oxygen atoms in total. The molecule has 0 spiro atoms. The van der Waals surface area contributed by atoms with Crippen LogP contribution in [0.3, 0.4) is 0 Å². The number of hydrogen-bond donors (Lipinski definition) is 2. The van der Waals surface area contributed by atoms with Crippen molar-refractivity contribution >= 4 is 0 Å². The number of ether oxygens (including phenoxy) is 6. The van der Waals surface area contributed by atoms with Crippen LogP contribution in [0.15, 0.2) is 0 Å². The third-order valence-corrected chi connectivity index (χ3v) is 3.70. The van der Waals surface area contributed by atoms with Crippen LogP contribution < -0.4 is 0 Å². The molecular weight excluding hydrogens is 392 g/mol. The van der Waals surface area contributed by atoms with Crippen LogP contribution in [0.25, 0.3) is 0 Å². The highest BCUT2D eigenvalue weighted by atomic mass is 16.6. The molecule has 0 aliphatic rings. The Bertz CT molecular complexity index is 246. The van der Waals surface area contributed by atoms with Crippen LogP contribution in [-0.2, 0) is 28.4 Å². The van der Waals surface area contributed by atoms with Gasteiger partial charge in [-0.1, -0.05) is 39.5 Å². The quantitative estimate of drug-likeness (QED) is 0.221. The minimum Gasteiger partial charge on any atom is -0.394 e. The van der Waals surface area contributed by atoms with Crippen molar-refractivity contribution in [2.45, 2.75) is 52.4 Å². The molecule has 0 rings (SSSR count). The maximum atomic E-state index is 8.45. The first-order valence-electron chi connectivity index (χ1n) is 11.5. The van der Waals surface area contributed by atoms with Crippen LogP contribution in [0.1, 0.15) is 52.4 Å². The Morgan fingerprint density at radius 3 is 1.10 bits per heavy atom. The monoisotopic (exact) mass is 440 g/mol. The van der Waals surface area contributed by atoms with Crippen LogP contribution in [-0.4, -0.2) is 103 Å². The maximum absolute atomic E-state index is 8.45. The van der Waals surface area contributed by atoms with Crippen LogP contribution in [0.4, 0.5) is 0 Å². The van der Waals surface area contributed by atoms with Crippen molar-refractivity contribution in [3.8, 4) is 0 Å². The maximum Gasteiger partial charge on any atom is 0.0701 e. The van der Waals surface area contributed by atoms with Gasteiger partial charge in [-0.25, -0.2) is 0 Å². The number of aliphatic hydroxyl groups excluding tert-OH is 2. The molecule has 0 aliphatic carbocycles. The van der Waals surface area contributed by atoms with Gasteiger partial charge in [0.05, 0.1) is 79.3 Å². The van der Waals surface area contributed by atoms with E-state index in [1.165, 1.54) is 32.1 Å². The second kappa shape index (κ2) is 33.3. The fourth-order valence-corrected chi connectivity index (χ4v) is 2.16. The van der Waals surface area contributed by atoms with E-state index in [9.17, 15) is 0 Å². The van der Waals surface area contributed by atoms with Gasteiger partial charge in [-0.05, 0) is 12.8 Å². The van der Waals surface area contributed by atoms with E-state index in [4.69, 9.17) is 38.6 Å². The predicted octanol–water partition coefficient (Wildman–Crippen LogP) is 2.44. The fraction of sp³-hybridized carbons (Fsp3) is 1.00. The first-order chi connectivity index (χ1) is 14.8. The van der Waals surface area contributed by atoms with E-state index in [-0.39, 0.29) is 13.2 Å². The first kappa shape index (κ1) is 31.9. The summed E-state index contributed by atoms with van der Waals surface area (Å²) in [4.78, 5) is 0. The van der Waals surface area contributed by atoms with E-state index in [1.54, 1.807) is 0 Å². The molecule has 0 saturated heterocycles. The summed E-state index contributed by atoms with van der Waals surface area (Å²) >= 11 is 0. The Labute approximate surface area is 184 Å². The van der Waals surface area contributed by atoms with E-state index in [1.807, 2.05) is 0 Å². The molecule has 0 aromatic carbocycles. The summed E-state index contributed by atoms with van der Waals surface area (Å²) in [5.41, 5.74) is 0. The van der Waals surface area contributed by atoms with Gasteiger partial charge in [-0.15, -0.1) is 0 Å². The molecule has 0 aromatic heterocycles. The van der Waals surface area contributed by atoms with Crippen molar-refractivity contribution in [2.24, 2.45) is 0 Å². The number of unbranched alkanes of at least 4 members (excludes halogenated alkanes) is 4. The lowest BCUT2D eigenvalue weighted by Gasteiger charge is -2.07. The molecule has 0 heterocycles. The molecule has 0 atom stereocenters. The van der Waals surface area contributed by atoms with Crippen molar-refractivity contribution in [3.63, 3.8) is 0 Å². The molecule has 30 heavy (non-hydrogen) atoms. The zero-order chi connectivity index (χ0) is 22.4. The van der Waals surface area contributed by atoms with E-state index in [0.29, 0.717) is 66.1 Å². The normalized spacial score (nSPS) is 10.8. The number of hydrogen-bond acceptors (Lipinski definition) is 8. The molecule has 0 bridgehead atoms. The molecule has 8 heteroatoms. The van der Waals surface area contributed by atoms with Crippen molar-refractivity contribution < 1.29 is 38.6 Å². The minimum atomic E-state index is 0.0359. The topological polar surface area (TPSA) is 95.8 Å². The highest BCUT2D eigenvalue weighted by Crippen LogP contribution is 2.02. The van der Waals surface area contributed by atoms with Gasteiger partial charge in [0, 0.05) is 13.2 Å². The Hall–Kier alpha value is -0.320. The van der Waals surface area contributed by atoms with Gasteiger partial charge in [0.25, 0.3) is 0 Å². The molecule has 0 saturated carbocycles. The van der Waals surface area contributed by atoms with Crippen LogP contribution in [0.5, 0.6) is 0 Å². The van der Waals surface area contributed by atoms with Gasteiger partial charge in [0.2, 0.25) is 0 Å². The van der Waals surface area contributed by atoms with Gasteiger partial charge in [-0.3, -0.25) is 0 Å². The summed E-state index contributed by atoms with van der Waals surface area (Å²) < 4.78 is 31.2. The summed E-state index contributed by atoms with van der Waals surface area (Å²) in [7, 11) is 0. The Morgan fingerprint density at radius 1 is 0.367 bits per heavy atom. The summed E-state index contributed by atoms with van der Waals surface area (Å²) in [6.07, 6.45) is 7.84. The Morgan fingerprint density at radius 2 is 0.733 bits per heavy atom. The van der Waals surface area contributed by atoms with E-state index < -0.39 is 0 Å². The first-order valence-corrected chi connectivity index (χ1v) is 11.5. The van der Waals surface area contributed by atoms with E-state index >= 15 is 0 Å². The lowest BCUT2D eigenvalue weighted by Crippen LogP contribution is -2.14. The highest BCUT2D eigenvalue weighted by Gasteiger charge is 1.93. The van der Waals surface area contributed by atoms with Crippen LogP contribution in [0, 0.1) is 0 Å². The second-order valence-corrected chi connectivity index (χ2v) is 6.54. The summed E-state index contributed by atoms with van der Waals surface area (Å²) in [6, 6.07) is 0. The lowest BCUT2D eigenvalue weighted by molar-refractivity contribution is -0.0151. The summed E-state index contributed by atoms with van der Waals surface area (Å²) in [5, 5.41) is 16.9. The summed E-state index contributed by atoms with van der Waals surface area (Å²) in [5.74, 6) is 0. The minimum absolute atomic E-state index is 0.0359. The van der Waals surface area contributed by atoms with Gasteiger partial charge in [0.15, 0.2) is 0 Å². The molecule has 0 aliphatic heterocycles. The summed E-state index contributed by atoms with van der Waals surface area (Å²) in [6.45, 7) is 11.1. The largest absolute Gasteiger partial charge is 0.394 e. The molecule has 0 fully saturated rings. The van der Waals surface area contributed by atoms with E-state index in [0.717, 1.165) is 19.6 Å². The number of aliphatic hydroxyl groups is 2. The lowest BCUT2D eigenvalue weighted by atomic mass is 10.2. The average molecular weight is 441 g/mol. The van der Waals surface area contributed by atoms with Crippen molar-refractivity contribution in [3.05, 3.63) is 0 Å². The molecule has 2 N–H and O–H groups in total. The smallest absolute Gasteiger partial charge is 0.0701 e. The zero-order valence-corrected chi connectivity index (χ0v) is 19.5. The van der Waals surface area contributed by atoms with E-state index in [2.05, 4.69) is 13.8 Å². The molecule has 0 aromatic rings. The molecular formula is C22H48O8. The fourth-order valence-electron chi connectivity index (χ4n) is 2.16. The van der Waals surface area contributed by atoms with Crippen molar-refractivity contribution in [1.82, 2.24) is 0 Å². The SMILES string of the molecule is CCCCCCCOCCC.OCCOCCOCCOCCOCCOCCO. The molecule has 0 unspecified atom stereocenters. The Balaban J connectivity index is 0. The molecule has 184 valence electrons. The third kappa shape index (κ3) is 35.1. The van der Waals surface area contributed by atoms with Gasteiger partial charge >= 0.3 is 0 Å². The second-order valence-electron chi connectivity index (χ2n) is 6.54. The van der Waals surface area contributed by atoms with Gasteiger partial charge < -0.3 is 38.6 Å². The third-order valence-electron chi connectivity index (χ3n) is 3.70. The van der Waals surface area contributed by atoms with Crippen LogP contribution >= 0.6 is 0 Å². The molecule has 0 amide bonds. The van der Waals surface area contributed by atoms with Crippen LogP contribution in [0.2, 0.25) is 0 Å². The predicted molar refractivity (Wildman–Crippen MR) is 118 cm³/mol.